The summed E-state index contributed by atoms with van der Waals surface area (Å²) in [6.07, 6.45) is 8.58. The maximum atomic E-state index is 12.1. The summed E-state index contributed by atoms with van der Waals surface area (Å²) in [5.41, 5.74) is 2.24. The fraction of sp³-hybridized carbons (Fsp3) is 0.316. The first-order valence-corrected chi connectivity index (χ1v) is 8.53. The molecule has 0 aromatic carbocycles. The molecule has 0 aliphatic carbocycles. The molecule has 1 aliphatic heterocycles. The topological polar surface area (TPSA) is 81.3 Å². The van der Waals surface area contributed by atoms with Crippen LogP contribution in [0, 0.1) is 0 Å². The molecule has 0 radical (unpaired) electrons. The average Bonchev–Trinajstić information content (AvgIpc) is 2.59. The van der Waals surface area contributed by atoms with Crippen molar-refractivity contribution in [2.45, 2.75) is 6.04 Å². The van der Waals surface area contributed by atoms with Crippen molar-refractivity contribution >= 4 is 11.6 Å². The smallest absolute Gasteiger partial charge is 0.271 e. The van der Waals surface area contributed by atoms with Gasteiger partial charge in [-0.25, -0.2) is 0 Å². The maximum absolute atomic E-state index is 12.1. The van der Waals surface area contributed by atoms with Crippen molar-refractivity contribution in [1.82, 2.24) is 19.8 Å². The number of nitrogens with zero attached hydrogens (tertiary/aromatic N) is 3. The molecule has 1 aliphatic rings. The van der Waals surface area contributed by atoms with Gasteiger partial charge in [0.1, 0.15) is 5.69 Å². The lowest BCUT2D eigenvalue weighted by Gasteiger charge is -2.39. The Morgan fingerprint density at radius 2 is 2.08 bits per heavy atom. The van der Waals surface area contributed by atoms with E-state index in [1.54, 1.807) is 29.6 Å². The van der Waals surface area contributed by atoms with Crippen LogP contribution in [0.25, 0.3) is 11.1 Å². The van der Waals surface area contributed by atoms with E-state index in [1.807, 2.05) is 43.3 Å². The van der Waals surface area contributed by atoms with E-state index in [4.69, 9.17) is 0 Å². The molecule has 0 saturated carbocycles. The third-order valence-electron chi connectivity index (χ3n) is 4.20. The minimum atomic E-state index is -0.168. The highest BCUT2D eigenvalue weighted by molar-refractivity contribution is 5.88. The van der Waals surface area contributed by atoms with Crippen molar-refractivity contribution in [2.75, 3.05) is 39.0 Å². The van der Waals surface area contributed by atoms with Gasteiger partial charge in [-0.1, -0.05) is 6.08 Å². The number of aromatic nitrogens is 2. The zero-order valence-corrected chi connectivity index (χ0v) is 15.0. The Morgan fingerprint density at radius 1 is 1.35 bits per heavy atom. The zero-order chi connectivity index (χ0) is 18.5. The summed E-state index contributed by atoms with van der Waals surface area (Å²) in [7, 11) is 3.91. The van der Waals surface area contributed by atoms with Gasteiger partial charge in [0.15, 0.2) is 0 Å². The molecule has 7 nitrogen and oxygen atoms in total. The summed E-state index contributed by atoms with van der Waals surface area (Å²) in [6, 6.07) is 5.69. The molecular weight excluding hydrogens is 330 g/mol. The number of aromatic amines is 1. The second-order valence-corrected chi connectivity index (χ2v) is 6.62. The number of carbonyl (C=O) groups is 1. The van der Waals surface area contributed by atoms with E-state index in [1.165, 1.54) is 0 Å². The molecule has 2 N–H and O–H groups in total. The highest BCUT2D eigenvalue weighted by atomic mass is 16.2. The number of amides is 1. The molecule has 1 saturated heterocycles. The van der Waals surface area contributed by atoms with Crippen LogP contribution in [0.5, 0.6) is 0 Å². The molecule has 0 bridgehead atoms. The van der Waals surface area contributed by atoms with Crippen molar-refractivity contribution < 1.29 is 4.79 Å². The molecule has 1 amide bonds. The number of anilines is 1. The number of likely N-dealkylation sites (N-methyl/N-ethyl adjacent to an activating group) is 1. The fourth-order valence-corrected chi connectivity index (χ4v) is 2.74. The van der Waals surface area contributed by atoms with Crippen LogP contribution in [0.4, 0.5) is 5.69 Å². The molecule has 3 rings (SSSR count). The monoisotopic (exact) mass is 353 g/mol. The molecule has 0 spiro atoms. The van der Waals surface area contributed by atoms with Gasteiger partial charge in [-0.2, -0.15) is 0 Å². The van der Waals surface area contributed by atoms with Gasteiger partial charge in [-0.3, -0.25) is 14.6 Å². The van der Waals surface area contributed by atoms with E-state index in [9.17, 15) is 9.59 Å². The third kappa shape index (κ3) is 4.37. The lowest BCUT2D eigenvalue weighted by atomic mass is 10.1. The van der Waals surface area contributed by atoms with Crippen LogP contribution >= 0.6 is 0 Å². The summed E-state index contributed by atoms with van der Waals surface area (Å²) in [5.74, 6) is 0.00402. The number of carbonyl (C=O) groups excluding carboxylic acids is 1. The predicted octanol–water partition coefficient (Wildman–Crippen LogP) is 1.18. The summed E-state index contributed by atoms with van der Waals surface area (Å²) >= 11 is 0. The van der Waals surface area contributed by atoms with Crippen LogP contribution in [0.1, 0.15) is 0 Å². The van der Waals surface area contributed by atoms with Gasteiger partial charge in [-0.15, -0.1) is 0 Å². The van der Waals surface area contributed by atoms with Gasteiger partial charge in [0.2, 0.25) is 5.91 Å². The molecule has 3 heterocycles. The molecule has 2 aromatic rings. The first kappa shape index (κ1) is 17.9. The quantitative estimate of drug-likeness (QED) is 0.762. The summed E-state index contributed by atoms with van der Waals surface area (Å²) < 4.78 is 0. The van der Waals surface area contributed by atoms with Crippen LogP contribution in [0.3, 0.4) is 0 Å². The molecule has 136 valence electrons. The van der Waals surface area contributed by atoms with Gasteiger partial charge in [0, 0.05) is 49.9 Å². The van der Waals surface area contributed by atoms with E-state index in [-0.39, 0.29) is 17.5 Å². The molecular formula is C19H23N5O2. The van der Waals surface area contributed by atoms with E-state index >= 15 is 0 Å². The minimum absolute atomic E-state index is 0.00402. The largest absolute Gasteiger partial charge is 0.374 e. The Morgan fingerprint density at radius 3 is 2.77 bits per heavy atom. The van der Waals surface area contributed by atoms with Crippen LogP contribution in [-0.2, 0) is 4.79 Å². The van der Waals surface area contributed by atoms with Gasteiger partial charge in [0.05, 0.1) is 6.04 Å². The lowest BCUT2D eigenvalue weighted by molar-refractivity contribution is -0.129. The van der Waals surface area contributed by atoms with Crippen LogP contribution in [-0.4, -0.2) is 65.4 Å². The third-order valence-corrected chi connectivity index (χ3v) is 4.20. The van der Waals surface area contributed by atoms with E-state index < -0.39 is 0 Å². The van der Waals surface area contributed by atoms with Crippen molar-refractivity contribution in [3.63, 3.8) is 0 Å². The Hall–Kier alpha value is -2.93. The normalized spacial score (nSPS) is 14.7. The van der Waals surface area contributed by atoms with Crippen LogP contribution in [0.15, 0.2) is 53.7 Å². The summed E-state index contributed by atoms with van der Waals surface area (Å²) in [6.45, 7) is 1.91. The molecule has 0 unspecified atom stereocenters. The van der Waals surface area contributed by atoms with E-state index in [0.29, 0.717) is 18.8 Å². The SMILES string of the molecule is CN(C)C/C=C/C(=O)N1CC(Nc2cc(-c3ccncc3)c[nH]c2=O)C1. The highest BCUT2D eigenvalue weighted by Gasteiger charge is 2.29. The molecule has 26 heavy (non-hydrogen) atoms. The second-order valence-electron chi connectivity index (χ2n) is 6.62. The molecule has 7 heteroatoms. The number of nitrogens with one attached hydrogen (secondary N) is 2. The Balaban J connectivity index is 1.59. The van der Waals surface area contributed by atoms with Gasteiger partial charge in [0.25, 0.3) is 5.56 Å². The summed E-state index contributed by atoms with van der Waals surface area (Å²) in [4.78, 5) is 34.6. The Kier molecular flexibility index (Phi) is 5.48. The minimum Gasteiger partial charge on any atom is -0.374 e. The fourth-order valence-electron chi connectivity index (χ4n) is 2.74. The number of H-pyrrole nitrogens is 1. The van der Waals surface area contributed by atoms with Crippen molar-refractivity contribution in [3.8, 4) is 11.1 Å². The molecule has 0 atom stereocenters. The standard InChI is InChI=1S/C19H23N5O2/c1-23(2)9-3-4-18(25)24-12-16(13-24)22-17-10-15(11-21-19(17)26)14-5-7-20-8-6-14/h3-8,10-11,16,22H,9,12-13H2,1-2H3,(H,21,26)/b4-3+. The first-order valence-electron chi connectivity index (χ1n) is 8.53. The summed E-state index contributed by atoms with van der Waals surface area (Å²) in [5, 5.41) is 3.23. The number of pyridine rings is 2. The highest BCUT2D eigenvalue weighted by Crippen LogP contribution is 2.20. The van der Waals surface area contributed by atoms with Crippen molar-refractivity contribution in [2.24, 2.45) is 0 Å². The average molecular weight is 353 g/mol. The Bertz CT molecular complexity index is 839. The van der Waals surface area contributed by atoms with E-state index in [0.717, 1.165) is 17.7 Å². The predicted molar refractivity (Wildman–Crippen MR) is 102 cm³/mol. The zero-order valence-electron chi connectivity index (χ0n) is 15.0. The first-order chi connectivity index (χ1) is 12.5. The van der Waals surface area contributed by atoms with Crippen molar-refractivity contribution in [3.05, 3.63) is 59.3 Å². The number of hydrogen-bond acceptors (Lipinski definition) is 5. The van der Waals surface area contributed by atoms with Crippen LogP contribution in [0.2, 0.25) is 0 Å². The van der Waals surface area contributed by atoms with Gasteiger partial charge < -0.3 is 20.1 Å². The van der Waals surface area contributed by atoms with E-state index in [2.05, 4.69) is 15.3 Å². The van der Waals surface area contributed by atoms with Crippen LogP contribution < -0.4 is 10.9 Å². The van der Waals surface area contributed by atoms with Crippen molar-refractivity contribution in [1.29, 1.82) is 0 Å². The number of likely N-dealkylation sites (tertiary alicyclic amines) is 1. The molecule has 1 fully saturated rings. The second kappa shape index (κ2) is 7.97. The van der Waals surface area contributed by atoms with Gasteiger partial charge in [-0.05, 0) is 37.9 Å². The lowest BCUT2D eigenvalue weighted by Crippen LogP contribution is -2.57. The molecule has 2 aromatic heterocycles. The van der Waals surface area contributed by atoms with Gasteiger partial charge >= 0.3 is 0 Å². The number of rotatable bonds is 6. The number of hydrogen-bond donors (Lipinski definition) is 2. The Labute approximate surface area is 152 Å². The maximum Gasteiger partial charge on any atom is 0.271 e.